The SMILES string of the molecule is C=C(C1CCCCC(S(=O)c2ccccc2)CCC1)C(C)C(=O)N1Cc2nc(NC3CCOCC3)ncc2C1(C)C. The van der Waals surface area contributed by atoms with E-state index in [1.807, 2.05) is 48.4 Å². The average Bonchev–Trinajstić information content (AvgIpc) is 3.32. The van der Waals surface area contributed by atoms with Crippen molar-refractivity contribution in [3.63, 3.8) is 0 Å². The number of aromatic nitrogens is 2. The molecule has 8 heteroatoms. The van der Waals surface area contributed by atoms with E-state index >= 15 is 0 Å². The lowest BCUT2D eigenvalue weighted by molar-refractivity contribution is -0.139. The van der Waals surface area contributed by atoms with Gasteiger partial charge in [0.05, 0.1) is 34.5 Å². The molecule has 0 radical (unpaired) electrons. The van der Waals surface area contributed by atoms with Crippen molar-refractivity contribution in [2.45, 2.75) is 107 Å². The van der Waals surface area contributed by atoms with Crippen LogP contribution in [0.4, 0.5) is 5.95 Å². The predicted molar refractivity (Wildman–Crippen MR) is 164 cm³/mol. The zero-order valence-corrected chi connectivity index (χ0v) is 25.8. The Hall–Kier alpha value is -2.58. The molecule has 4 unspecified atom stereocenters. The van der Waals surface area contributed by atoms with Crippen molar-refractivity contribution >= 4 is 22.7 Å². The fourth-order valence-corrected chi connectivity index (χ4v) is 8.28. The van der Waals surface area contributed by atoms with Crippen molar-refractivity contribution in [3.8, 4) is 0 Å². The minimum Gasteiger partial charge on any atom is -0.381 e. The van der Waals surface area contributed by atoms with E-state index in [-0.39, 0.29) is 17.1 Å². The highest BCUT2D eigenvalue weighted by Gasteiger charge is 2.43. The fraction of sp³-hybridized carbons (Fsp3) is 0.606. The van der Waals surface area contributed by atoms with Gasteiger partial charge in [-0.1, -0.05) is 49.6 Å². The van der Waals surface area contributed by atoms with Gasteiger partial charge in [-0.2, -0.15) is 0 Å². The molecule has 2 fully saturated rings. The third-order valence-electron chi connectivity index (χ3n) is 9.47. The maximum absolute atomic E-state index is 14.0. The van der Waals surface area contributed by atoms with Crippen LogP contribution >= 0.6 is 0 Å². The second kappa shape index (κ2) is 13.2. The molecule has 2 aromatic rings. The molecule has 0 bridgehead atoms. The van der Waals surface area contributed by atoms with Crippen molar-refractivity contribution in [1.29, 1.82) is 0 Å². The number of anilines is 1. The van der Waals surface area contributed by atoms with Crippen LogP contribution in [0.5, 0.6) is 0 Å². The van der Waals surface area contributed by atoms with Gasteiger partial charge >= 0.3 is 0 Å². The van der Waals surface area contributed by atoms with Gasteiger partial charge in [0.1, 0.15) is 0 Å². The van der Waals surface area contributed by atoms with Gasteiger partial charge in [-0.3, -0.25) is 9.00 Å². The monoisotopic (exact) mass is 578 g/mol. The Morgan fingerprint density at radius 3 is 2.51 bits per heavy atom. The number of hydrogen-bond acceptors (Lipinski definition) is 6. The van der Waals surface area contributed by atoms with Crippen molar-refractivity contribution < 1.29 is 13.7 Å². The van der Waals surface area contributed by atoms with Gasteiger partial charge in [-0.05, 0) is 77.3 Å². The lowest BCUT2D eigenvalue weighted by atomic mass is 9.82. The van der Waals surface area contributed by atoms with E-state index in [0.29, 0.717) is 24.5 Å². The van der Waals surface area contributed by atoms with E-state index in [4.69, 9.17) is 9.72 Å². The lowest BCUT2D eigenvalue weighted by Crippen LogP contribution is -2.43. The van der Waals surface area contributed by atoms with Crippen molar-refractivity contribution in [1.82, 2.24) is 14.9 Å². The molecule has 1 aromatic carbocycles. The zero-order valence-electron chi connectivity index (χ0n) is 24.9. The first-order chi connectivity index (χ1) is 19.8. The summed E-state index contributed by atoms with van der Waals surface area (Å²) >= 11 is 0. The topological polar surface area (TPSA) is 84.4 Å². The molecular weight excluding hydrogens is 532 g/mol. The normalized spacial score (nSPS) is 24.8. The predicted octanol–water partition coefficient (Wildman–Crippen LogP) is 6.37. The summed E-state index contributed by atoms with van der Waals surface area (Å²) in [6.45, 7) is 12.7. The maximum Gasteiger partial charge on any atom is 0.230 e. The quantitative estimate of drug-likeness (QED) is 0.384. The molecule has 41 heavy (non-hydrogen) atoms. The summed E-state index contributed by atoms with van der Waals surface area (Å²) < 4.78 is 18.7. The molecular formula is C33H46N4O3S. The zero-order chi connectivity index (χ0) is 29.0. The molecule has 1 saturated carbocycles. The Morgan fingerprint density at radius 1 is 1.07 bits per heavy atom. The first-order valence-corrected chi connectivity index (χ1v) is 16.6. The van der Waals surface area contributed by atoms with E-state index < -0.39 is 16.3 Å². The average molecular weight is 579 g/mol. The lowest BCUT2D eigenvalue weighted by Gasteiger charge is -2.35. The van der Waals surface area contributed by atoms with E-state index in [0.717, 1.165) is 92.7 Å². The third-order valence-corrected chi connectivity index (χ3v) is 11.3. The van der Waals surface area contributed by atoms with Crippen LogP contribution in [0, 0.1) is 11.8 Å². The first-order valence-electron chi connectivity index (χ1n) is 15.4. The highest BCUT2D eigenvalue weighted by molar-refractivity contribution is 7.85. The van der Waals surface area contributed by atoms with E-state index in [9.17, 15) is 9.00 Å². The summed E-state index contributed by atoms with van der Waals surface area (Å²) in [5.74, 6) is 0.785. The maximum atomic E-state index is 14.0. The molecule has 1 amide bonds. The second-order valence-corrected chi connectivity index (χ2v) is 14.2. The summed E-state index contributed by atoms with van der Waals surface area (Å²) in [5.41, 5.74) is 2.50. The third kappa shape index (κ3) is 6.75. The minimum absolute atomic E-state index is 0.111. The number of hydrogen-bond donors (Lipinski definition) is 1. The van der Waals surface area contributed by atoms with Gasteiger partial charge < -0.3 is 15.0 Å². The Balaban J connectivity index is 1.21. The Labute approximate surface area is 248 Å². The molecule has 1 aliphatic carbocycles. The molecule has 0 spiro atoms. The van der Waals surface area contributed by atoms with Crippen LogP contribution in [0.25, 0.3) is 0 Å². The Bertz CT molecular complexity index is 1240. The van der Waals surface area contributed by atoms with Gasteiger partial charge in [0, 0.05) is 41.2 Å². The molecule has 7 nitrogen and oxygen atoms in total. The standard InChI is InChI=1S/C33H46N4O3S/c1-23(25-11-8-9-15-28(16-10-12-25)41(39)27-13-6-5-7-14-27)24(2)31(38)37-22-30-29(33(37,3)4)21-34-32(36-30)35-26-17-19-40-20-18-26/h5-7,13-14,21,24-26,28H,1,8-12,15-20,22H2,2-4H3,(H,34,35,36). The summed E-state index contributed by atoms with van der Waals surface area (Å²) in [5, 5.41) is 3.66. The van der Waals surface area contributed by atoms with Crippen molar-refractivity contribution in [2.75, 3.05) is 18.5 Å². The molecule has 2 aliphatic heterocycles. The van der Waals surface area contributed by atoms with Crippen LogP contribution in [-0.4, -0.2) is 49.5 Å². The molecule has 4 atom stereocenters. The summed E-state index contributed by atoms with van der Waals surface area (Å²) in [7, 11) is -0.973. The molecule has 1 saturated heterocycles. The number of benzene rings is 1. The van der Waals surface area contributed by atoms with Crippen LogP contribution in [-0.2, 0) is 32.4 Å². The number of carbonyl (C=O) groups is 1. The second-order valence-electron chi connectivity index (χ2n) is 12.5. The number of rotatable bonds is 7. The van der Waals surface area contributed by atoms with E-state index in [1.165, 1.54) is 0 Å². The number of amides is 1. The Kier molecular flexibility index (Phi) is 9.59. The van der Waals surface area contributed by atoms with Gasteiger partial charge in [-0.15, -0.1) is 0 Å². The fourth-order valence-electron chi connectivity index (χ4n) is 6.71. The van der Waals surface area contributed by atoms with Crippen LogP contribution in [0.15, 0.2) is 53.6 Å². The smallest absolute Gasteiger partial charge is 0.230 e. The summed E-state index contributed by atoms with van der Waals surface area (Å²) in [4.78, 5) is 26.3. The van der Waals surface area contributed by atoms with Crippen molar-refractivity contribution in [3.05, 3.63) is 59.9 Å². The summed E-state index contributed by atoms with van der Waals surface area (Å²) in [6.07, 6.45) is 10.9. The molecule has 1 N–H and O–H groups in total. The van der Waals surface area contributed by atoms with Gasteiger partial charge in [0.15, 0.2) is 0 Å². The largest absolute Gasteiger partial charge is 0.381 e. The molecule has 3 heterocycles. The van der Waals surface area contributed by atoms with Gasteiger partial charge in [-0.25, -0.2) is 9.97 Å². The number of fused-ring (bicyclic) bond motifs is 1. The highest BCUT2D eigenvalue weighted by Crippen LogP contribution is 2.41. The van der Waals surface area contributed by atoms with Gasteiger partial charge in [0.2, 0.25) is 11.9 Å². The van der Waals surface area contributed by atoms with Crippen LogP contribution in [0.1, 0.15) is 89.8 Å². The number of ether oxygens (including phenoxy) is 1. The Morgan fingerprint density at radius 2 is 1.76 bits per heavy atom. The van der Waals surface area contributed by atoms with Crippen LogP contribution < -0.4 is 5.32 Å². The summed E-state index contributed by atoms with van der Waals surface area (Å²) in [6, 6.07) is 10.2. The molecule has 5 rings (SSSR count). The van der Waals surface area contributed by atoms with Crippen LogP contribution in [0.3, 0.4) is 0 Å². The number of nitrogens with zero attached hydrogens (tertiary/aromatic N) is 3. The van der Waals surface area contributed by atoms with Gasteiger partial charge in [0.25, 0.3) is 0 Å². The number of nitrogens with one attached hydrogen (secondary N) is 1. The molecule has 1 aromatic heterocycles. The molecule has 222 valence electrons. The van der Waals surface area contributed by atoms with E-state index in [1.54, 1.807) is 0 Å². The van der Waals surface area contributed by atoms with Crippen molar-refractivity contribution in [2.24, 2.45) is 11.8 Å². The number of carbonyl (C=O) groups excluding carboxylic acids is 1. The van der Waals surface area contributed by atoms with E-state index in [2.05, 4.69) is 30.7 Å². The van der Waals surface area contributed by atoms with Crippen LogP contribution in [0.2, 0.25) is 0 Å². The highest BCUT2D eigenvalue weighted by atomic mass is 32.2. The minimum atomic E-state index is -0.973. The molecule has 3 aliphatic rings. The first kappa shape index (κ1) is 29.9.